The number of rotatable bonds is 10. The highest BCUT2D eigenvalue weighted by atomic mass is 31.2. The SMILES string of the molecule is CCOP(=O)(OCC)c1cc(CN)ccc1P(=O)(O)OC(C)CC. The standard InChI is InChI=1S/C15H27NO6P2/c1-5-12(4)22-23(17,18)14-9-8-13(11-16)10-15(14)24(19,20-6-2)21-7-3/h8-10,12H,5-7,11,16H2,1-4H3,(H,17,18). The molecule has 7 nitrogen and oxygen atoms in total. The zero-order chi connectivity index (χ0) is 18.4. The van der Waals surface area contributed by atoms with Gasteiger partial charge in [0.2, 0.25) is 0 Å². The molecule has 0 saturated carbocycles. The van der Waals surface area contributed by atoms with E-state index in [4.69, 9.17) is 19.3 Å². The van der Waals surface area contributed by atoms with Crippen molar-refractivity contribution in [1.82, 2.24) is 0 Å². The summed E-state index contributed by atoms with van der Waals surface area (Å²) in [6.07, 6.45) is 0.136. The van der Waals surface area contributed by atoms with Crippen LogP contribution >= 0.6 is 15.2 Å². The molecule has 138 valence electrons. The Labute approximate surface area is 143 Å². The Morgan fingerprint density at radius 2 is 1.71 bits per heavy atom. The van der Waals surface area contributed by atoms with Gasteiger partial charge in [-0.25, -0.2) is 0 Å². The van der Waals surface area contributed by atoms with Crippen molar-refractivity contribution in [1.29, 1.82) is 0 Å². The van der Waals surface area contributed by atoms with Crippen LogP contribution < -0.4 is 16.3 Å². The summed E-state index contributed by atoms with van der Waals surface area (Å²) in [7, 11) is -7.97. The second-order valence-corrected chi connectivity index (χ2v) is 8.93. The third-order valence-corrected chi connectivity index (χ3v) is 7.35. The maximum absolute atomic E-state index is 13.1. The summed E-state index contributed by atoms with van der Waals surface area (Å²) in [5.74, 6) is 0. The van der Waals surface area contributed by atoms with E-state index < -0.39 is 21.3 Å². The second-order valence-electron chi connectivity index (χ2n) is 5.20. The fraction of sp³-hybridized carbons (Fsp3) is 0.600. The zero-order valence-corrected chi connectivity index (χ0v) is 16.4. The van der Waals surface area contributed by atoms with Crippen LogP contribution in [0.2, 0.25) is 0 Å². The maximum atomic E-state index is 13.1. The Morgan fingerprint density at radius 1 is 1.12 bits per heavy atom. The summed E-state index contributed by atoms with van der Waals surface area (Å²) >= 11 is 0. The van der Waals surface area contributed by atoms with Crippen LogP contribution in [-0.4, -0.2) is 24.2 Å². The topological polar surface area (TPSA) is 108 Å². The first-order valence-electron chi connectivity index (χ1n) is 7.98. The molecule has 0 spiro atoms. The Bertz CT molecular complexity index is 626. The molecule has 0 aliphatic rings. The van der Waals surface area contributed by atoms with Crippen LogP contribution in [0, 0.1) is 0 Å². The van der Waals surface area contributed by atoms with Gasteiger partial charge in [-0.05, 0) is 44.9 Å². The summed E-state index contributed by atoms with van der Waals surface area (Å²) in [6.45, 7) is 7.33. The summed E-state index contributed by atoms with van der Waals surface area (Å²) < 4.78 is 41.8. The van der Waals surface area contributed by atoms with E-state index in [1.807, 2.05) is 6.92 Å². The van der Waals surface area contributed by atoms with Crippen molar-refractivity contribution < 1.29 is 27.6 Å². The summed E-state index contributed by atoms with van der Waals surface area (Å²) in [6, 6.07) is 4.50. The van der Waals surface area contributed by atoms with Crippen molar-refractivity contribution in [3.8, 4) is 0 Å². The molecule has 24 heavy (non-hydrogen) atoms. The minimum absolute atomic E-state index is 0.0308. The first-order valence-corrected chi connectivity index (χ1v) is 11.1. The Balaban J connectivity index is 3.51. The fourth-order valence-electron chi connectivity index (χ4n) is 2.05. The first-order chi connectivity index (χ1) is 11.2. The summed E-state index contributed by atoms with van der Waals surface area (Å²) in [4.78, 5) is 10.4. The van der Waals surface area contributed by atoms with Gasteiger partial charge < -0.3 is 24.2 Å². The molecule has 1 aromatic rings. The molecule has 0 heterocycles. The van der Waals surface area contributed by atoms with Crippen molar-refractivity contribution >= 4 is 25.8 Å². The van der Waals surface area contributed by atoms with Crippen LogP contribution in [0.25, 0.3) is 0 Å². The lowest BCUT2D eigenvalue weighted by Gasteiger charge is -2.24. The van der Waals surface area contributed by atoms with Crippen LogP contribution in [0.1, 0.15) is 39.7 Å². The molecule has 0 amide bonds. The molecule has 3 N–H and O–H groups in total. The fourth-order valence-corrected chi connectivity index (χ4v) is 5.87. The van der Waals surface area contributed by atoms with E-state index in [1.165, 1.54) is 12.1 Å². The van der Waals surface area contributed by atoms with Crippen molar-refractivity contribution in [3.05, 3.63) is 23.8 Å². The van der Waals surface area contributed by atoms with Gasteiger partial charge in [0.05, 0.1) is 29.9 Å². The molecule has 2 unspecified atom stereocenters. The van der Waals surface area contributed by atoms with Gasteiger partial charge in [0, 0.05) is 6.54 Å². The molecule has 0 fully saturated rings. The van der Waals surface area contributed by atoms with Crippen LogP contribution in [0.15, 0.2) is 18.2 Å². The molecule has 0 saturated heterocycles. The summed E-state index contributed by atoms with van der Waals surface area (Å²) in [5, 5.41) is -0.0477. The van der Waals surface area contributed by atoms with E-state index in [-0.39, 0.29) is 30.4 Å². The number of benzene rings is 1. The van der Waals surface area contributed by atoms with Crippen LogP contribution in [0.4, 0.5) is 0 Å². The smallest absolute Gasteiger partial charge is 0.326 e. The average molecular weight is 379 g/mol. The molecule has 0 radical (unpaired) electrons. The highest BCUT2D eigenvalue weighted by Gasteiger charge is 2.37. The van der Waals surface area contributed by atoms with Crippen molar-refractivity contribution in [2.45, 2.75) is 46.8 Å². The average Bonchev–Trinajstić information content (AvgIpc) is 2.54. The van der Waals surface area contributed by atoms with Crippen molar-refractivity contribution in [2.75, 3.05) is 13.2 Å². The highest BCUT2D eigenvalue weighted by molar-refractivity contribution is 7.68. The zero-order valence-electron chi connectivity index (χ0n) is 14.6. The lowest BCUT2D eigenvalue weighted by Crippen LogP contribution is -2.29. The van der Waals surface area contributed by atoms with Crippen LogP contribution in [0.5, 0.6) is 0 Å². The minimum Gasteiger partial charge on any atom is -0.326 e. The largest absolute Gasteiger partial charge is 0.362 e. The quantitative estimate of drug-likeness (QED) is 0.602. The van der Waals surface area contributed by atoms with Gasteiger partial charge in [0.1, 0.15) is 0 Å². The van der Waals surface area contributed by atoms with E-state index in [2.05, 4.69) is 0 Å². The monoisotopic (exact) mass is 379 g/mol. The van der Waals surface area contributed by atoms with Crippen molar-refractivity contribution in [3.63, 3.8) is 0 Å². The van der Waals surface area contributed by atoms with Gasteiger partial charge >= 0.3 is 15.2 Å². The van der Waals surface area contributed by atoms with Gasteiger partial charge in [0.25, 0.3) is 0 Å². The molecule has 0 aliphatic heterocycles. The van der Waals surface area contributed by atoms with Gasteiger partial charge in [0.15, 0.2) is 0 Å². The van der Waals surface area contributed by atoms with E-state index in [0.29, 0.717) is 12.0 Å². The van der Waals surface area contributed by atoms with Crippen LogP contribution in [0.3, 0.4) is 0 Å². The lowest BCUT2D eigenvalue weighted by molar-refractivity contribution is 0.192. The molecule has 0 bridgehead atoms. The highest BCUT2D eigenvalue weighted by Crippen LogP contribution is 2.51. The maximum Gasteiger partial charge on any atom is 0.362 e. The number of hydrogen-bond donors (Lipinski definition) is 2. The molecule has 1 aromatic carbocycles. The van der Waals surface area contributed by atoms with E-state index in [9.17, 15) is 14.0 Å². The predicted octanol–water partition coefficient (Wildman–Crippen LogP) is 2.66. The van der Waals surface area contributed by atoms with Gasteiger partial charge in [-0.3, -0.25) is 9.13 Å². The number of hydrogen-bond acceptors (Lipinski definition) is 6. The molecular weight excluding hydrogens is 352 g/mol. The molecule has 1 rings (SSSR count). The Hall–Kier alpha value is -0.520. The second kappa shape index (κ2) is 9.25. The number of nitrogens with two attached hydrogens (primary N) is 1. The normalized spacial score (nSPS) is 15.9. The van der Waals surface area contributed by atoms with Crippen molar-refractivity contribution in [2.24, 2.45) is 5.73 Å². The van der Waals surface area contributed by atoms with E-state index >= 15 is 0 Å². The molecule has 0 aromatic heterocycles. The molecular formula is C15H27NO6P2. The summed E-state index contributed by atoms with van der Waals surface area (Å²) in [5.41, 5.74) is 6.29. The molecule has 0 aliphatic carbocycles. The molecule has 2 atom stereocenters. The van der Waals surface area contributed by atoms with E-state index in [1.54, 1.807) is 26.8 Å². The molecule has 9 heteroatoms. The van der Waals surface area contributed by atoms with Gasteiger partial charge in [-0.15, -0.1) is 0 Å². The van der Waals surface area contributed by atoms with Crippen LogP contribution in [-0.2, 0) is 29.2 Å². The van der Waals surface area contributed by atoms with Gasteiger partial charge in [-0.2, -0.15) is 0 Å². The third kappa shape index (κ3) is 5.24. The Kier molecular flexibility index (Phi) is 8.30. The minimum atomic E-state index is -4.20. The van der Waals surface area contributed by atoms with E-state index in [0.717, 1.165) is 0 Å². The predicted molar refractivity (Wildman–Crippen MR) is 95.1 cm³/mol. The lowest BCUT2D eigenvalue weighted by atomic mass is 10.2. The van der Waals surface area contributed by atoms with Gasteiger partial charge in [-0.1, -0.05) is 13.0 Å². The Morgan fingerprint density at radius 3 is 2.17 bits per heavy atom. The first kappa shape index (κ1) is 21.5. The third-order valence-electron chi connectivity index (χ3n) is 3.37.